The zero-order valence-electron chi connectivity index (χ0n) is 10.7. The number of anilines is 2. The number of fused-ring (bicyclic) bond motifs is 2. The van der Waals surface area contributed by atoms with E-state index in [1.165, 1.54) is 12.7 Å². The molecule has 21 heavy (non-hydrogen) atoms. The number of nitrogens with one attached hydrogen (secondary N) is 1. The van der Waals surface area contributed by atoms with Gasteiger partial charge in [-0.3, -0.25) is 0 Å². The molecule has 0 aliphatic rings. The van der Waals surface area contributed by atoms with Gasteiger partial charge >= 0.3 is 0 Å². The average Bonchev–Trinajstić information content (AvgIpc) is 2.95. The van der Waals surface area contributed by atoms with Crippen LogP contribution in [0.3, 0.4) is 0 Å². The first kappa shape index (κ1) is 12.3. The minimum absolute atomic E-state index is 0.704. The van der Waals surface area contributed by atoms with Crippen LogP contribution in [0, 0.1) is 0 Å². The van der Waals surface area contributed by atoms with Crippen molar-refractivity contribution in [2.24, 2.45) is 0 Å². The van der Waals surface area contributed by atoms with E-state index in [0.29, 0.717) is 5.58 Å². The van der Waals surface area contributed by atoms with Crippen molar-refractivity contribution in [3.05, 3.63) is 53.7 Å². The molecule has 0 aliphatic carbocycles. The van der Waals surface area contributed by atoms with Gasteiger partial charge in [-0.15, -0.1) is 0 Å². The Morgan fingerprint density at radius 3 is 2.95 bits per heavy atom. The fourth-order valence-corrected chi connectivity index (χ4v) is 2.68. The summed E-state index contributed by atoms with van der Waals surface area (Å²) in [5.74, 6) is 0. The smallest absolute Gasteiger partial charge is 0.182 e. The van der Waals surface area contributed by atoms with Gasteiger partial charge in [0.05, 0.1) is 11.2 Å². The fraction of sp³-hybridized carbons (Fsp3) is 0. The van der Waals surface area contributed by atoms with Crippen LogP contribution >= 0.6 is 15.9 Å². The molecule has 4 aromatic rings. The van der Waals surface area contributed by atoms with Crippen LogP contribution in [0.2, 0.25) is 0 Å². The van der Waals surface area contributed by atoms with E-state index in [4.69, 9.17) is 4.42 Å². The summed E-state index contributed by atoms with van der Waals surface area (Å²) in [5.41, 5.74) is 4.03. The number of rotatable bonds is 2. The van der Waals surface area contributed by atoms with Crippen LogP contribution in [-0.4, -0.2) is 15.0 Å². The molecule has 0 saturated carbocycles. The monoisotopic (exact) mass is 340 g/mol. The van der Waals surface area contributed by atoms with Crippen LogP contribution in [0.25, 0.3) is 22.0 Å². The molecule has 0 spiro atoms. The highest BCUT2D eigenvalue weighted by Crippen LogP contribution is 2.32. The van der Waals surface area contributed by atoms with Gasteiger partial charge in [-0.2, -0.15) is 0 Å². The lowest BCUT2D eigenvalue weighted by Crippen LogP contribution is -1.95. The van der Waals surface area contributed by atoms with Crippen molar-refractivity contribution in [3.8, 4) is 0 Å². The van der Waals surface area contributed by atoms with Gasteiger partial charge in [0.2, 0.25) is 0 Å². The Bertz CT molecular complexity index is 951. The number of aromatic nitrogens is 3. The molecule has 2 heterocycles. The molecule has 0 radical (unpaired) electrons. The normalized spacial score (nSPS) is 11.1. The molecular formula is C15H9BrN4O. The van der Waals surface area contributed by atoms with Crippen LogP contribution < -0.4 is 5.32 Å². The van der Waals surface area contributed by atoms with Gasteiger partial charge < -0.3 is 9.73 Å². The third kappa shape index (κ3) is 2.13. The molecule has 1 N–H and O–H groups in total. The summed E-state index contributed by atoms with van der Waals surface area (Å²) in [6.45, 7) is 0. The van der Waals surface area contributed by atoms with E-state index in [9.17, 15) is 0 Å². The van der Waals surface area contributed by atoms with Gasteiger partial charge in [-0.05, 0) is 24.3 Å². The maximum absolute atomic E-state index is 5.41. The van der Waals surface area contributed by atoms with E-state index in [1.54, 1.807) is 6.20 Å². The molecule has 2 aromatic heterocycles. The Hall–Kier alpha value is -2.47. The minimum Gasteiger partial charge on any atom is -0.443 e. The second-order valence-electron chi connectivity index (χ2n) is 4.55. The predicted molar refractivity (Wildman–Crippen MR) is 84.5 cm³/mol. The van der Waals surface area contributed by atoms with Gasteiger partial charge in [0.25, 0.3) is 0 Å². The molecule has 102 valence electrons. The first-order valence-corrected chi connectivity index (χ1v) is 7.09. The third-order valence-electron chi connectivity index (χ3n) is 3.19. The van der Waals surface area contributed by atoms with Crippen LogP contribution in [-0.2, 0) is 0 Å². The molecule has 5 nitrogen and oxygen atoms in total. The lowest BCUT2D eigenvalue weighted by molar-refractivity contribution is 0.602. The number of hydrogen-bond acceptors (Lipinski definition) is 5. The van der Waals surface area contributed by atoms with Crippen molar-refractivity contribution in [1.29, 1.82) is 0 Å². The summed E-state index contributed by atoms with van der Waals surface area (Å²) in [6.07, 6.45) is 4.72. The summed E-state index contributed by atoms with van der Waals surface area (Å²) >= 11 is 3.47. The molecule has 0 bridgehead atoms. The largest absolute Gasteiger partial charge is 0.443 e. The lowest BCUT2D eigenvalue weighted by Gasteiger charge is -2.09. The van der Waals surface area contributed by atoms with Crippen molar-refractivity contribution in [1.82, 2.24) is 15.0 Å². The summed E-state index contributed by atoms with van der Waals surface area (Å²) in [4.78, 5) is 12.7. The van der Waals surface area contributed by atoms with Gasteiger partial charge in [0.15, 0.2) is 12.0 Å². The van der Waals surface area contributed by atoms with Crippen molar-refractivity contribution in [3.63, 3.8) is 0 Å². The van der Waals surface area contributed by atoms with Crippen molar-refractivity contribution < 1.29 is 4.42 Å². The Labute approximate surface area is 128 Å². The first-order valence-electron chi connectivity index (χ1n) is 6.30. The first-order chi connectivity index (χ1) is 10.3. The number of halogens is 1. The van der Waals surface area contributed by atoms with Crippen LogP contribution in [0.15, 0.2) is 58.1 Å². The van der Waals surface area contributed by atoms with Crippen molar-refractivity contribution in [2.75, 3.05) is 5.32 Å². The zero-order valence-corrected chi connectivity index (χ0v) is 12.3. The minimum atomic E-state index is 0.704. The third-order valence-corrected chi connectivity index (χ3v) is 3.68. The second-order valence-corrected chi connectivity index (χ2v) is 5.46. The summed E-state index contributed by atoms with van der Waals surface area (Å²) < 4.78 is 6.41. The van der Waals surface area contributed by atoms with Gasteiger partial charge in [0, 0.05) is 21.7 Å². The highest BCUT2D eigenvalue weighted by Gasteiger charge is 2.12. The summed E-state index contributed by atoms with van der Waals surface area (Å²) in [7, 11) is 0. The van der Waals surface area contributed by atoms with Gasteiger partial charge in [-0.1, -0.05) is 22.0 Å². The molecular weight excluding hydrogens is 332 g/mol. The Kier molecular flexibility index (Phi) is 2.82. The number of benzene rings is 2. The SMILES string of the molecule is Brc1cccc(Nc2c3ncncc3cc3ocnc23)c1. The number of nitrogens with zero attached hydrogens (tertiary/aromatic N) is 3. The maximum Gasteiger partial charge on any atom is 0.182 e. The summed E-state index contributed by atoms with van der Waals surface area (Å²) in [6, 6.07) is 9.81. The Morgan fingerprint density at radius 1 is 1.10 bits per heavy atom. The predicted octanol–water partition coefficient (Wildman–Crippen LogP) is 4.28. The van der Waals surface area contributed by atoms with Crippen molar-refractivity contribution >= 4 is 49.3 Å². The van der Waals surface area contributed by atoms with E-state index in [-0.39, 0.29) is 0 Å². The Morgan fingerprint density at radius 2 is 2.05 bits per heavy atom. The molecule has 2 aromatic carbocycles. The van der Waals surface area contributed by atoms with E-state index < -0.39 is 0 Å². The second kappa shape index (κ2) is 4.82. The molecule has 0 fully saturated rings. The van der Waals surface area contributed by atoms with E-state index in [0.717, 1.165) is 32.3 Å². The highest BCUT2D eigenvalue weighted by molar-refractivity contribution is 9.10. The topological polar surface area (TPSA) is 63.8 Å². The molecule has 0 amide bonds. The zero-order chi connectivity index (χ0) is 14.2. The molecule has 0 saturated heterocycles. The van der Waals surface area contributed by atoms with Gasteiger partial charge in [-0.25, -0.2) is 15.0 Å². The van der Waals surface area contributed by atoms with E-state index in [1.807, 2.05) is 30.3 Å². The lowest BCUT2D eigenvalue weighted by atomic mass is 10.2. The molecule has 0 unspecified atom stereocenters. The van der Waals surface area contributed by atoms with E-state index in [2.05, 4.69) is 36.2 Å². The Balaban J connectivity index is 1.97. The van der Waals surface area contributed by atoms with Crippen LogP contribution in [0.4, 0.5) is 11.4 Å². The molecule has 0 aliphatic heterocycles. The molecule has 4 rings (SSSR count). The van der Waals surface area contributed by atoms with E-state index >= 15 is 0 Å². The van der Waals surface area contributed by atoms with Gasteiger partial charge in [0.1, 0.15) is 11.8 Å². The maximum atomic E-state index is 5.41. The average molecular weight is 341 g/mol. The number of oxazole rings is 1. The van der Waals surface area contributed by atoms with Crippen molar-refractivity contribution in [2.45, 2.75) is 0 Å². The fourth-order valence-electron chi connectivity index (χ4n) is 2.28. The van der Waals surface area contributed by atoms with Crippen LogP contribution in [0.1, 0.15) is 0 Å². The van der Waals surface area contributed by atoms with Crippen LogP contribution in [0.5, 0.6) is 0 Å². The quantitative estimate of drug-likeness (QED) is 0.590. The number of hydrogen-bond donors (Lipinski definition) is 1. The highest BCUT2D eigenvalue weighted by atomic mass is 79.9. The summed E-state index contributed by atoms with van der Waals surface area (Å²) in [5, 5.41) is 4.28. The standard InChI is InChI=1S/C15H9BrN4O/c16-10-2-1-3-11(5-10)20-15-13-9(6-17-7-18-13)4-12-14(15)19-8-21-12/h1-8,20H. The molecule has 6 heteroatoms. The molecule has 0 atom stereocenters.